The van der Waals surface area contributed by atoms with Gasteiger partial charge in [-0.1, -0.05) is 18.2 Å². The van der Waals surface area contributed by atoms with Crippen molar-refractivity contribution < 1.29 is 4.74 Å². The highest BCUT2D eigenvalue weighted by Gasteiger charge is 2.20. The maximum Gasteiger partial charge on any atom is 0.332 e. The SMILES string of the molecule is Cn1c(NCc2ccccc2OC2CCC2)c(C#N)c(=O)n(C)c1=O. The summed E-state index contributed by atoms with van der Waals surface area (Å²) in [5.41, 5.74) is -0.258. The minimum Gasteiger partial charge on any atom is -0.490 e. The van der Waals surface area contributed by atoms with Crippen LogP contribution in [-0.4, -0.2) is 15.2 Å². The highest BCUT2D eigenvalue weighted by Crippen LogP contribution is 2.28. The van der Waals surface area contributed by atoms with Gasteiger partial charge in [-0.05, 0) is 25.3 Å². The maximum absolute atomic E-state index is 12.1. The van der Waals surface area contributed by atoms with E-state index in [-0.39, 0.29) is 17.5 Å². The first-order valence-electron chi connectivity index (χ1n) is 8.21. The fraction of sp³-hybridized carbons (Fsp3) is 0.389. The average Bonchev–Trinajstić information content (AvgIpc) is 2.59. The van der Waals surface area contributed by atoms with E-state index in [0.29, 0.717) is 6.54 Å². The van der Waals surface area contributed by atoms with Crippen molar-refractivity contribution in [2.75, 3.05) is 5.32 Å². The Labute approximate surface area is 145 Å². The van der Waals surface area contributed by atoms with Gasteiger partial charge in [0.2, 0.25) is 0 Å². The quantitative estimate of drug-likeness (QED) is 0.891. The molecule has 0 saturated heterocycles. The molecule has 7 nitrogen and oxygen atoms in total. The summed E-state index contributed by atoms with van der Waals surface area (Å²) >= 11 is 0. The predicted octanol–water partition coefficient (Wildman–Crippen LogP) is 1.50. The second kappa shape index (κ2) is 6.85. The van der Waals surface area contributed by atoms with Crippen LogP contribution in [-0.2, 0) is 20.6 Å². The molecule has 0 bridgehead atoms. The Kier molecular flexibility index (Phi) is 4.61. The first kappa shape index (κ1) is 16.8. The maximum atomic E-state index is 12.1. The third-order valence-electron chi connectivity index (χ3n) is 4.54. The molecule has 1 aromatic heterocycles. The van der Waals surface area contributed by atoms with Crippen LogP contribution in [0.1, 0.15) is 30.4 Å². The number of para-hydroxylation sites is 1. The van der Waals surface area contributed by atoms with Gasteiger partial charge in [0.25, 0.3) is 5.56 Å². The van der Waals surface area contributed by atoms with Gasteiger partial charge in [0.15, 0.2) is 5.56 Å². The van der Waals surface area contributed by atoms with Gasteiger partial charge >= 0.3 is 5.69 Å². The van der Waals surface area contributed by atoms with Crippen LogP contribution in [0.4, 0.5) is 5.82 Å². The number of benzene rings is 1. The molecule has 0 unspecified atom stereocenters. The summed E-state index contributed by atoms with van der Waals surface area (Å²) in [5.74, 6) is 1.00. The summed E-state index contributed by atoms with van der Waals surface area (Å²) in [6.45, 7) is 0.345. The Morgan fingerprint density at radius 1 is 1.24 bits per heavy atom. The zero-order valence-corrected chi connectivity index (χ0v) is 14.3. The lowest BCUT2D eigenvalue weighted by Crippen LogP contribution is -2.39. The van der Waals surface area contributed by atoms with Crippen molar-refractivity contribution in [1.82, 2.24) is 9.13 Å². The minimum atomic E-state index is -0.605. The van der Waals surface area contributed by atoms with Crippen molar-refractivity contribution in [1.29, 1.82) is 5.26 Å². The minimum absolute atomic E-state index is 0.0815. The van der Waals surface area contributed by atoms with E-state index in [9.17, 15) is 14.9 Å². The molecule has 25 heavy (non-hydrogen) atoms. The highest BCUT2D eigenvalue weighted by atomic mass is 16.5. The van der Waals surface area contributed by atoms with E-state index in [1.807, 2.05) is 30.3 Å². The van der Waals surface area contributed by atoms with Gasteiger partial charge in [0.1, 0.15) is 17.6 Å². The lowest BCUT2D eigenvalue weighted by Gasteiger charge is -2.27. The molecule has 0 amide bonds. The lowest BCUT2D eigenvalue weighted by atomic mass is 9.96. The van der Waals surface area contributed by atoms with Gasteiger partial charge in [0.05, 0.1) is 6.10 Å². The number of hydrogen-bond donors (Lipinski definition) is 1. The second-order valence-corrected chi connectivity index (χ2v) is 6.17. The van der Waals surface area contributed by atoms with E-state index in [4.69, 9.17) is 4.74 Å². The van der Waals surface area contributed by atoms with Gasteiger partial charge in [-0.2, -0.15) is 5.26 Å². The third-order valence-corrected chi connectivity index (χ3v) is 4.54. The second-order valence-electron chi connectivity index (χ2n) is 6.17. The zero-order valence-electron chi connectivity index (χ0n) is 14.3. The van der Waals surface area contributed by atoms with Crippen LogP contribution in [0.3, 0.4) is 0 Å². The summed E-state index contributed by atoms with van der Waals surface area (Å²) in [6.07, 6.45) is 3.56. The van der Waals surface area contributed by atoms with E-state index in [2.05, 4.69) is 5.32 Å². The standard InChI is InChI=1S/C18H20N4O3/c1-21-16(14(10-19)17(23)22(2)18(21)24)20-11-12-6-3-4-9-15(12)25-13-7-5-8-13/h3-4,6,9,13,20H,5,7-8,11H2,1-2H3. The van der Waals surface area contributed by atoms with E-state index in [1.54, 1.807) is 0 Å². The molecule has 1 saturated carbocycles. The summed E-state index contributed by atoms with van der Waals surface area (Å²) in [5, 5.41) is 12.4. The zero-order chi connectivity index (χ0) is 18.0. The van der Waals surface area contributed by atoms with E-state index in [0.717, 1.165) is 28.7 Å². The normalized spacial score (nSPS) is 13.8. The molecule has 7 heteroatoms. The number of nitrogens with zero attached hydrogens (tertiary/aromatic N) is 3. The number of nitriles is 1. The number of hydrogen-bond acceptors (Lipinski definition) is 5. The van der Waals surface area contributed by atoms with Crippen molar-refractivity contribution in [2.45, 2.75) is 31.9 Å². The summed E-state index contributed by atoms with van der Waals surface area (Å²) < 4.78 is 8.18. The molecule has 1 aliphatic rings. The topological polar surface area (TPSA) is 89.1 Å². The molecule has 0 atom stereocenters. The Morgan fingerprint density at radius 2 is 1.96 bits per heavy atom. The molecule has 0 radical (unpaired) electrons. The van der Waals surface area contributed by atoms with Gasteiger partial charge in [-0.3, -0.25) is 13.9 Å². The van der Waals surface area contributed by atoms with Crippen molar-refractivity contribution in [3.8, 4) is 11.8 Å². The molecule has 3 rings (SSSR count). The molecule has 1 fully saturated rings. The molecular weight excluding hydrogens is 320 g/mol. The Bertz CT molecular complexity index is 948. The summed E-state index contributed by atoms with van der Waals surface area (Å²) in [7, 11) is 2.89. The number of rotatable bonds is 5. The molecular formula is C18H20N4O3. The first-order valence-corrected chi connectivity index (χ1v) is 8.21. The van der Waals surface area contributed by atoms with Crippen molar-refractivity contribution in [2.24, 2.45) is 14.1 Å². The van der Waals surface area contributed by atoms with Crippen LogP contribution in [0, 0.1) is 11.3 Å². The van der Waals surface area contributed by atoms with Crippen molar-refractivity contribution >= 4 is 5.82 Å². The molecule has 1 aliphatic carbocycles. The Hall–Kier alpha value is -3.01. The highest BCUT2D eigenvalue weighted by molar-refractivity contribution is 5.52. The van der Waals surface area contributed by atoms with Crippen LogP contribution >= 0.6 is 0 Å². The number of nitrogens with one attached hydrogen (secondary N) is 1. The molecule has 2 aromatic rings. The number of aromatic nitrogens is 2. The number of ether oxygens (including phenoxy) is 1. The molecule has 1 N–H and O–H groups in total. The van der Waals surface area contributed by atoms with Crippen LogP contribution in [0.2, 0.25) is 0 Å². The summed E-state index contributed by atoms with van der Waals surface area (Å²) in [4.78, 5) is 24.2. The number of anilines is 1. The fourth-order valence-electron chi connectivity index (χ4n) is 2.76. The van der Waals surface area contributed by atoms with Gasteiger partial charge in [0, 0.05) is 26.2 Å². The average molecular weight is 340 g/mol. The molecule has 130 valence electrons. The Balaban J connectivity index is 1.89. The largest absolute Gasteiger partial charge is 0.490 e. The predicted molar refractivity (Wildman–Crippen MR) is 93.7 cm³/mol. The fourth-order valence-corrected chi connectivity index (χ4v) is 2.76. The van der Waals surface area contributed by atoms with E-state index < -0.39 is 11.2 Å². The van der Waals surface area contributed by atoms with Gasteiger partial charge in [-0.25, -0.2) is 4.79 Å². The van der Waals surface area contributed by atoms with Crippen LogP contribution in [0.5, 0.6) is 5.75 Å². The van der Waals surface area contributed by atoms with Crippen LogP contribution in [0.25, 0.3) is 0 Å². The smallest absolute Gasteiger partial charge is 0.332 e. The molecule has 1 aromatic carbocycles. The molecule has 0 spiro atoms. The monoisotopic (exact) mass is 340 g/mol. The Morgan fingerprint density at radius 3 is 2.60 bits per heavy atom. The first-order chi connectivity index (χ1) is 12.0. The van der Waals surface area contributed by atoms with Crippen LogP contribution < -0.4 is 21.3 Å². The van der Waals surface area contributed by atoms with Gasteiger partial charge in [-0.15, -0.1) is 0 Å². The molecule has 0 aliphatic heterocycles. The van der Waals surface area contributed by atoms with E-state index in [1.165, 1.54) is 25.1 Å². The van der Waals surface area contributed by atoms with Crippen molar-refractivity contribution in [3.05, 3.63) is 56.2 Å². The lowest BCUT2D eigenvalue weighted by molar-refractivity contribution is 0.119. The molecule has 1 heterocycles. The summed E-state index contributed by atoms with van der Waals surface area (Å²) in [6, 6.07) is 9.53. The van der Waals surface area contributed by atoms with Crippen molar-refractivity contribution in [3.63, 3.8) is 0 Å². The van der Waals surface area contributed by atoms with Gasteiger partial charge < -0.3 is 10.1 Å². The van der Waals surface area contributed by atoms with E-state index >= 15 is 0 Å². The van der Waals surface area contributed by atoms with Crippen LogP contribution in [0.15, 0.2) is 33.9 Å². The third kappa shape index (κ3) is 3.15.